The Hall–Kier alpha value is -1.80. The number of hydrogen-bond donors (Lipinski definition) is 1. The topological polar surface area (TPSA) is 29.3 Å². The lowest BCUT2D eigenvalue weighted by atomic mass is 9.95. The highest BCUT2D eigenvalue weighted by Gasteiger charge is 2.05. The third-order valence-electron chi connectivity index (χ3n) is 3.78. The second-order valence-corrected chi connectivity index (χ2v) is 5.55. The minimum atomic E-state index is 0.530. The van der Waals surface area contributed by atoms with Crippen molar-refractivity contribution < 1.29 is 0 Å². The molecule has 0 amide bonds. The Kier molecular flexibility index (Phi) is 4.80. The summed E-state index contributed by atoms with van der Waals surface area (Å²) in [6.07, 6.45) is 1.04. The van der Waals surface area contributed by atoms with Crippen molar-refractivity contribution in [2.75, 3.05) is 25.5 Å². The Morgan fingerprint density at radius 3 is 2.30 bits per heavy atom. The van der Waals surface area contributed by atoms with Crippen molar-refractivity contribution in [3.63, 3.8) is 0 Å². The van der Waals surface area contributed by atoms with Gasteiger partial charge < -0.3 is 10.6 Å². The normalized spacial score (nSPS) is 12.2. The molecule has 0 radical (unpaired) electrons. The number of anilines is 1. The molecule has 2 heteroatoms. The van der Waals surface area contributed by atoms with Gasteiger partial charge in [0.15, 0.2) is 0 Å². The second-order valence-electron chi connectivity index (χ2n) is 5.55. The molecule has 0 saturated heterocycles. The average molecular weight is 268 g/mol. The molecule has 0 aliphatic carbocycles. The van der Waals surface area contributed by atoms with Crippen molar-refractivity contribution in [3.05, 3.63) is 54.1 Å². The molecule has 0 aliphatic heterocycles. The van der Waals surface area contributed by atoms with Crippen molar-refractivity contribution in [2.45, 2.75) is 19.3 Å². The van der Waals surface area contributed by atoms with Gasteiger partial charge in [0, 0.05) is 19.8 Å². The first kappa shape index (κ1) is 14.6. The fraction of sp³-hybridized carbons (Fsp3) is 0.333. The summed E-state index contributed by atoms with van der Waals surface area (Å²) < 4.78 is 0. The Morgan fingerprint density at radius 1 is 1.00 bits per heavy atom. The number of rotatable bonds is 5. The molecule has 0 fully saturated rings. The monoisotopic (exact) mass is 268 g/mol. The van der Waals surface area contributed by atoms with Gasteiger partial charge in [-0.25, -0.2) is 0 Å². The highest BCUT2D eigenvalue weighted by atomic mass is 15.1. The summed E-state index contributed by atoms with van der Waals surface area (Å²) in [5.41, 5.74) is 10.7. The van der Waals surface area contributed by atoms with Crippen molar-refractivity contribution in [3.8, 4) is 11.1 Å². The molecular weight excluding hydrogens is 244 g/mol. The lowest BCUT2D eigenvalue weighted by molar-refractivity contribution is 0.690. The summed E-state index contributed by atoms with van der Waals surface area (Å²) in [4.78, 5) is 2.13. The highest BCUT2D eigenvalue weighted by molar-refractivity contribution is 5.68. The van der Waals surface area contributed by atoms with Crippen LogP contribution in [-0.2, 0) is 0 Å². The van der Waals surface area contributed by atoms with Gasteiger partial charge in [-0.05, 0) is 47.7 Å². The summed E-state index contributed by atoms with van der Waals surface area (Å²) in [5.74, 6) is 0.530. The van der Waals surface area contributed by atoms with Crippen LogP contribution in [0.15, 0.2) is 48.5 Å². The van der Waals surface area contributed by atoms with Crippen LogP contribution in [0.1, 0.15) is 24.8 Å². The Balaban J connectivity index is 2.23. The van der Waals surface area contributed by atoms with Gasteiger partial charge in [0.1, 0.15) is 0 Å². The van der Waals surface area contributed by atoms with Crippen LogP contribution in [0.5, 0.6) is 0 Å². The molecule has 0 saturated carbocycles. The molecule has 0 aliphatic rings. The fourth-order valence-electron chi connectivity index (χ4n) is 2.38. The lowest BCUT2D eigenvalue weighted by Gasteiger charge is -2.14. The van der Waals surface area contributed by atoms with Crippen molar-refractivity contribution in [2.24, 2.45) is 5.73 Å². The summed E-state index contributed by atoms with van der Waals surface area (Å²) in [5, 5.41) is 0. The number of nitrogens with two attached hydrogens (primary N) is 1. The average Bonchev–Trinajstić information content (AvgIpc) is 2.48. The van der Waals surface area contributed by atoms with Crippen molar-refractivity contribution in [1.29, 1.82) is 0 Å². The Morgan fingerprint density at radius 2 is 1.70 bits per heavy atom. The van der Waals surface area contributed by atoms with Crippen LogP contribution in [-0.4, -0.2) is 20.6 Å². The van der Waals surface area contributed by atoms with Crippen LogP contribution in [0.3, 0.4) is 0 Å². The number of nitrogens with zero attached hydrogens (tertiary/aromatic N) is 1. The zero-order valence-electron chi connectivity index (χ0n) is 12.6. The fourth-order valence-corrected chi connectivity index (χ4v) is 2.38. The van der Waals surface area contributed by atoms with E-state index in [1.165, 1.54) is 22.4 Å². The summed E-state index contributed by atoms with van der Waals surface area (Å²) in [6, 6.07) is 17.5. The predicted molar refractivity (Wildman–Crippen MR) is 88.3 cm³/mol. The molecular formula is C18H24N2. The molecule has 0 spiro atoms. The Labute approximate surface area is 122 Å². The molecule has 0 bridgehead atoms. The van der Waals surface area contributed by atoms with Crippen molar-refractivity contribution in [1.82, 2.24) is 0 Å². The van der Waals surface area contributed by atoms with Crippen LogP contribution in [0.4, 0.5) is 5.69 Å². The van der Waals surface area contributed by atoms with Gasteiger partial charge in [0.2, 0.25) is 0 Å². The van der Waals surface area contributed by atoms with Gasteiger partial charge in [-0.2, -0.15) is 0 Å². The molecule has 0 heterocycles. The first-order valence-electron chi connectivity index (χ1n) is 7.19. The molecule has 106 valence electrons. The van der Waals surface area contributed by atoms with Gasteiger partial charge >= 0.3 is 0 Å². The van der Waals surface area contributed by atoms with E-state index in [-0.39, 0.29) is 0 Å². The maximum Gasteiger partial charge on any atom is 0.0367 e. The third kappa shape index (κ3) is 3.40. The zero-order chi connectivity index (χ0) is 14.5. The first-order chi connectivity index (χ1) is 9.61. The van der Waals surface area contributed by atoms with Crippen LogP contribution in [0.2, 0.25) is 0 Å². The lowest BCUT2D eigenvalue weighted by Crippen LogP contribution is -2.08. The number of hydrogen-bond acceptors (Lipinski definition) is 2. The predicted octanol–water partition coefficient (Wildman–Crippen LogP) is 3.87. The van der Waals surface area contributed by atoms with E-state index in [1.807, 2.05) is 0 Å². The smallest absolute Gasteiger partial charge is 0.0367 e. The quantitative estimate of drug-likeness (QED) is 0.892. The molecule has 2 rings (SSSR count). The molecule has 2 aromatic rings. The SMILES string of the molecule is CC(CCN)c1ccc(-c2cccc(N(C)C)c2)cc1. The minimum absolute atomic E-state index is 0.530. The van der Waals surface area contributed by atoms with Crippen LogP contribution in [0.25, 0.3) is 11.1 Å². The second kappa shape index (κ2) is 6.58. The summed E-state index contributed by atoms with van der Waals surface area (Å²) in [6.45, 7) is 2.97. The minimum Gasteiger partial charge on any atom is -0.378 e. The zero-order valence-corrected chi connectivity index (χ0v) is 12.6. The maximum absolute atomic E-state index is 5.63. The van der Waals surface area contributed by atoms with E-state index in [4.69, 9.17) is 5.73 Å². The highest BCUT2D eigenvalue weighted by Crippen LogP contribution is 2.26. The van der Waals surface area contributed by atoms with Gasteiger partial charge in [0.05, 0.1) is 0 Å². The molecule has 1 unspecified atom stereocenters. The van der Waals surface area contributed by atoms with Gasteiger partial charge in [-0.3, -0.25) is 0 Å². The summed E-state index contributed by atoms with van der Waals surface area (Å²) >= 11 is 0. The van der Waals surface area contributed by atoms with E-state index in [9.17, 15) is 0 Å². The van der Waals surface area contributed by atoms with E-state index >= 15 is 0 Å². The summed E-state index contributed by atoms with van der Waals surface area (Å²) in [7, 11) is 4.13. The molecule has 2 aromatic carbocycles. The third-order valence-corrected chi connectivity index (χ3v) is 3.78. The maximum atomic E-state index is 5.63. The van der Waals surface area contributed by atoms with Gasteiger partial charge in [0.25, 0.3) is 0 Å². The van der Waals surface area contributed by atoms with Crippen LogP contribution < -0.4 is 10.6 Å². The van der Waals surface area contributed by atoms with E-state index < -0.39 is 0 Å². The number of benzene rings is 2. The van der Waals surface area contributed by atoms with E-state index in [0.29, 0.717) is 5.92 Å². The standard InChI is InChI=1S/C18H24N2/c1-14(11-12-19)15-7-9-16(10-8-15)17-5-4-6-18(13-17)20(2)3/h4-10,13-14H,11-12,19H2,1-3H3. The van der Waals surface area contributed by atoms with Crippen LogP contribution in [0, 0.1) is 0 Å². The van der Waals surface area contributed by atoms with E-state index in [1.54, 1.807) is 0 Å². The van der Waals surface area contributed by atoms with E-state index in [2.05, 4.69) is 74.4 Å². The van der Waals surface area contributed by atoms with Crippen LogP contribution >= 0.6 is 0 Å². The molecule has 0 aromatic heterocycles. The molecule has 1 atom stereocenters. The largest absolute Gasteiger partial charge is 0.378 e. The first-order valence-corrected chi connectivity index (χ1v) is 7.19. The Bertz CT molecular complexity index is 544. The molecule has 20 heavy (non-hydrogen) atoms. The van der Waals surface area contributed by atoms with Gasteiger partial charge in [-0.1, -0.05) is 43.3 Å². The van der Waals surface area contributed by atoms with Gasteiger partial charge in [-0.15, -0.1) is 0 Å². The van der Waals surface area contributed by atoms with Crippen molar-refractivity contribution >= 4 is 5.69 Å². The van der Waals surface area contributed by atoms with E-state index in [0.717, 1.165) is 13.0 Å². The molecule has 2 N–H and O–H groups in total. The molecule has 2 nitrogen and oxygen atoms in total.